The minimum atomic E-state index is -0.935. The molecular formula is C29H30O9. The van der Waals surface area contributed by atoms with Crippen LogP contribution in [-0.2, 0) is 14.3 Å². The van der Waals surface area contributed by atoms with Crippen LogP contribution in [0.4, 0.5) is 0 Å². The van der Waals surface area contributed by atoms with Gasteiger partial charge in [-0.1, -0.05) is 24.3 Å². The molecule has 9 heteroatoms. The second-order valence-electron chi connectivity index (χ2n) is 8.52. The van der Waals surface area contributed by atoms with Crippen molar-refractivity contribution in [2.45, 2.75) is 24.5 Å². The van der Waals surface area contributed by atoms with E-state index < -0.39 is 30.1 Å². The van der Waals surface area contributed by atoms with Crippen molar-refractivity contribution in [3.05, 3.63) is 77.4 Å². The first-order chi connectivity index (χ1) is 18.4. The summed E-state index contributed by atoms with van der Waals surface area (Å²) in [7, 11) is 7.42. The molecule has 0 saturated heterocycles. The summed E-state index contributed by atoms with van der Waals surface area (Å²) in [6.45, 7) is 0. The highest BCUT2D eigenvalue weighted by molar-refractivity contribution is 5.89. The number of hydrogen-bond donors (Lipinski definition) is 0. The smallest absolute Gasteiger partial charge is 0.338 e. The molecule has 0 fully saturated rings. The second kappa shape index (κ2) is 11.8. The second-order valence-corrected chi connectivity index (χ2v) is 8.52. The summed E-state index contributed by atoms with van der Waals surface area (Å²) in [5.74, 6) is 0.658. The average molecular weight is 523 g/mol. The van der Waals surface area contributed by atoms with Crippen LogP contribution in [0, 0.1) is 0 Å². The zero-order valence-corrected chi connectivity index (χ0v) is 21.9. The largest absolute Gasteiger partial charge is 0.496 e. The quantitative estimate of drug-likeness (QED) is 0.370. The standard InChI is InChI=1S/C29H30O9/c1-32-19-14-23(35-4)26-20(16-25(30)36-5)28(38-29(31)17-9-7-6-8-10-17)27(37-24(26)15-19)18-11-12-21(33-2)22(13-18)34-3/h6-15,20,27-28H,16H2,1-5H3/t20-,27+,28+/m0/s1. The SMILES string of the molecule is COC(=O)C[C@H]1c2c(OC)cc(OC)cc2O[C@H](c2ccc(OC)c(OC)c2)[C@@H]1OC(=O)c1ccccc1. The Kier molecular flexibility index (Phi) is 8.25. The molecular weight excluding hydrogens is 492 g/mol. The van der Waals surface area contributed by atoms with E-state index in [1.807, 2.05) is 6.07 Å². The van der Waals surface area contributed by atoms with Crippen molar-refractivity contribution in [3.8, 4) is 28.7 Å². The Labute approximate surface area is 221 Å². The van der Waals surface area contributed by atoms with Crippen LogP contribution in [0.25, 0.3) is 0 Å². The molecule has 0 saturated carbocycles. The first-order valence-electron chi connectivity index (χ1n) is 11.9. The van der Waals surface area contributed by atoms with Gasteiger partial charge < -0.3 is 33.2 Å². The Morgan fingerprint density at radius 1 is 0.789 bits per heavy atom. The van der Waals surface area contributed by atoms with Crippen LogP contribution in [0.2, 0.25) is 0 Å². The summed E-state index contributed by atoms with van der Waals surface area (Å²) in [4.78, 5) is 25.9. The summed E-state index contributed by atoms with van der Waals surface area (Å²) in [5, 5.41) is 0. The molecule has 4 rings (SSSR count). The van der Waals surface area contributed by atoms with Crippen LogP contribution in [0.15, 0.2) is 60.7 Å². The van der Waals surface area contributed by atoms with Gasteiger partial charge in [-0.15, -0.1) is 0 Å². The Balaban J connectivity index is 1.90. The fourth-order valence-electron chi connectivity index (χ4n) is 4.58. The Morgan fingerprint density at radius 2 is 1.50 bits per heavy atom. The first kappa shape index (κ1) is 26.7. The molecule has 0 amide bonds. The molecule has 3 aromatic rings. The number of benzene rings is 3. The average Bonchev–Trinajstić information content (AvgIpc) is 2.97. The number of hydrogen-bond acceptors (Lipinski definition) is 9. The van der Waals surface area contributed by atoms with E-state index in [1.54, 1.807) is 61.7 Å². The normalized spacial score (nSPS) is 17.9. The monoisotopic (exact) mass is 522 g/mol. The van der Waals surface area contributed by atoms with Gasteiger partial charge in [0, 0.05) is 29.2 Å². The molecule has 3 aromatic carbocycles. The van der Waals surface area contributed by atoms with Crippen LogP contribution in [0.1, 0.15) is 39.9 Å². The van der Waals surface area contributed by atoms with E-state index >= 15 is 0 Å². The lowest BCUT2D eigenvalue weighted by Crippen LogP contribution is -2.39. The van der Waals surface area contributed by atoms with E-state index in [0.29, 0.717) is 45.4 Å². The highest BCUT2D eigenvalue weighted by Crippen LogP contribution is 2.51. The molecule has 0 unspecified atom stereocenters. The van der Waals surface area contributed by atoms with Gasteiger partial charge in [0.05, 0.1) is 47.5 Å². The van der Waals surface area contributed by atoms with Crippen LogP contribution in [0.5, 0.6) is 28.7 Å². The lowest BCUT2D eigenvalue weighted by molar-refractivity contribution is -0.142. The van der Waals surface area contributed by atoms with Crippen LogP contribution in [-0.4, -0.2) is 53.6 Å². The molecule has 0 radical (unpaired) electrons. The molecule has 38 heavy (non-hydrogen) atoms. The van der Waals surface area contributed by atoms with E-state index in [4.69, 9.17) is 33.2 Å². The summed E-state index contributed by atoms with van der Waals surface area (Å²) < 4.78 is 39.6. The third kappa shape index (κ3) is 5.32. The van der Waals surface area contributed by atoms with Crippen molar-refractivity contribution in [2.75, 3.05) is 35.5 Å². The van der Waals surface area contributed by atoms with E-state index in [2.05, 4.69) is 0 Å². The van der Waals surface area contributed by atoms with Crippen molar-refractivity contribution in [3.63, 3.8) is 0 Å². The number of methoxy groups -OCH3 is 5. The topological polar surface area (TPSA) is 98.8 Å². The minimum absolute atomic E-state index is 0.0912. The molecule has 0 aliphatic carbocycles. The molecule has 0 spiro atoms. The molecule has 1 aliphatic rings. The van der Waals surface area contributed by atoms with Crippen molar-refractivity contribution in [1.29, 1.82) is 0 Å². The van der Waals surface area contributed by atoms with Crippen molar-refractivity contribution >= 4 is 11.9 Å². The van der Waals surface area contributed by atoms with Gasteiger partial charge in [-0.25, -0.2) is 4.79 Å². The highest BCUT2D eigenvalue weighted by atomic mass is 16.6. The van der Waals surface area contributed by atoms with Gasteiger partial charge in [0.1, 0.15) is 17.2 Å². The zero-order chi connectivity index (χ0) is 27.2. The number of rotatable bonds is 9. The molecule has 200 valence electrons. The van der Waals surface area contributed by atoms with Gasteiger partial charge >= 0.3 is 11.9 Å². The molecule has 3 atom stereocenters. The van der Waals surface area contributed by atoms with Gasteiger partial charge in [0.25, 0.3) is 0 Å². The molecule has 0 N–H and O–H groups in total. The van der Waals surface area contributed by atoms with Gasteiger partial charge in [-0.2, -0.15) is 0 Å². The lowest BCUT2D eigenvalue weighted by Gasteiger charge is -2.39. The summed E-state index contributed by atoms with van der Waals surface area (Å²) in [6.07, 6.45) is -1.84. The predicted molar refractivity (Wildman–Crippen MR) is 137 cm³/mol. The summed E-state index contributed by atoms with van der Waals surface area (Å²) >= 11 is 0. The third-order valence-corrected chi connectivity index (χ3v) is 6.46. The molecule has 1 heterocycles. The molecule has 9 nitrogen and oxygen atoms in total. The van der Waals surface area contributed by atoms with E-state index in [-0.39, 0.29) is 6.42 Å². The molecule has 1 aliphatic heterocycles. The number of carbonyl (C=O) groups is 2. The minimum Gasteiger partial charge on any atom is -0.496 e. The maximum absolute atomic E-state index is 13.3. The number of fused-ring (bicyclic) bond motifs is 1. The third-order valence-electron chi connectivity index (χ3n) is 6.46. The van der Waals surface area contributed by atoms with Gasteiger partial charge in [0.2, 0.25) is 0 Å². The molecule has 0 aromatic heterocycles. The van der Waals surface area contributed by atoms with Crippen molar-refractivity contribution in [2.24, 2.45) is 0 Å². The van der Waals surface area contributed by atoms with Gasteiger partial charge in [0.15, 0.2) is 23.7 Å². The Hall–Kier alpha value is -4.40. The number of ether oxygens (including phenoxy) is 7. The first-order valence-corrected chi connectivity index (χ1v) is 11.9. The predicted octanol–water partition coefficient (Wildman–Crippen LogP) is 4.73. The number of esters is 2. The number of carbonyl (C=O) groups excluding carboxylic acids is 2. The summed E-state index contributed by atoms with van der Waals surface area (Å²) in [6, 6.07) is 17.3. The van der Waals surface area contributed by atoms with Crippen LogP contribution < -0.4 is 23.7 Å². The van der Waals surface area contributed by atoms with Gasteiger partial charge in [-0.05, 0) is 24.3 Å². The van der Waals surface area contributed by atoms with E-state index in [0.717, 1.165) is 0 Å². The lowest BCUT2D eigenvalue weighted by atomic mass is 9.81. The van der Waals surface area contributed by atoms with E-state index in [1.165, 1.54) is 28.4 Å². The summed E-state index contributed by atoms with van der Waals surface area (Å²) in [5.41, 5.74) is 1.58. The highest BCUT2D eigenvalue weighted by Gasteiger charge is 2.45. The van der Waals surface area contributed by atoms with Crippen LogP contribution >= 0.6 is 0 Å². The zero-order valence-electron chi connectivity index (χ0n) is 21.9. The van der Waals surface area contributed by atoms with Crippen molar-refractivity contribution < 1.29 is 42.7 Å². The van der Waals surface area contributed by atoms with Crippen molar-refractivity contribution in [1.82, 2.24) is 0 Å². The maximum Gasteiger partial charge on any atom is 0.338 e. The Bertz CT molecular complexity index is 1290. The van der Waals surface area contributed by atoms with Crippen LogP contribution in [0.3, 0.4) is 0 Å². The maximum atomic E-state index is 13.3. The molecule has 0 bridgehead atoms. The fraction of sp³-hybridized carbons (Fsp3) is 0.310. The van der Waals surface area contributed by atoms with Gasteiger partial charge in [-0.3, -0.25) is 4.79 Å². The Morgan fingerprint density at radius 3 is 2.13 bits per heavy atom. The van der Waals surface area contributed by atoms with E-state index in [9.17, 15) is 9.59 Å². The fourth-order valence-corrected chi connectivity index (χ4v) is 4.58.